The van der Waals surface area contributed by atoms with Crippen LogP contribution in [-0.4, -0.2) is 21.4 Å². The zero-order valence-corrected chi connectivity index (χ0v) is 17.4. The van der Waals surface area contributed by atoms with Gasteiger partial charge in [0.15, 0.2) is 4.34 Å². The van der Waals surface area contributed by atoms with Crippen molar-refractivity contribution in [1.29, 1.82) is 0 Å². The van der Waals surface area contributed by atoms with Gasteiger partial charge >= 0.3 is 0 Å². The summed E-state index contributed by atoms with van der Waals surface area (Å²) in [5.74, 6) is -0.400. The fraction of sp³-hybridized carbons (Fsp3) is 0.250. The molecule has 2 aromatic carbocycles. The summed E-state index contributed by atoms with van der Waals surface area (Å²) in [6, 6.07) is 13.9. The average Bonchev–Trinajstić information content (AvgIpc) is 3.09. The molecule has 3 rings (SSSR count). The third kappa shape index (κ3) is 5.53. The van der Waals surface area contributed by atoms with Crippen LogP contribution in [0.5, 0.6) is 0 Å². The molecule has 0 fully saturated rings. The number of carbonyl (C=O) groups is 1. The van der Waals surface area contributed by atoms with Crippen LogP contribution >= 0.6 is 23.1 Å². The number of halogens is 1. The molecule has 28 heavy (non-hydrogen) atoms. The van der Waals surface area contributed by atoms with Gasteiger partial charge in [-0.3, -0.25) is 4.79 Å². The molecule has 0 unspecified atom stereocenters. The Morgan fingerprint density at radius 3 is 2.61 bits per heavy atom. The molecule has 1 aromatic heterocycles. The molecule has 146 valence electrons. The Morgan fingerprint density at radius 2 is 1.89 bits per heavy atom. The van der Waals surface area contributed by atoms with Gasteiger partial charge in [0.05, 0.1) is 11.3 Å². The third-order valence-corrected chi connectivity index (χ3v) is 6.07. The predicted octanol–water partition coefficient (Wildman–Crippen LogP) is 5.09. The van der Waals surface area contributed by atoms with E-state index in [0.717, 1.165) is 16.8 Å². The summed E-state index contributed by atoms with van der Waals surface area (Å²) in [5, 5.41) is 14.8. The lowest BCUT2D eigenvalue weighted by atomic mass is 10.1. The van der Waals surface area contributed by atoms with E-state index in [4.69, 9.17) is 0 Å². The number of hydrogen-bond acceptors (Lipinski definition) is 6. The van der Waals surface area contributed by atoms with E-state index >= 15 is 0 Å². The maximum Gasteiger partial charge on any atom is 0.233 e. The van der Waals surface area contributed by atoms with Crippen molar-refractivity contribution in [1.82, 2.24) is 15.5 Å². The minimum absolute atomic E-state index is 0.106. The molecule has 0 aliphatic carbocycles. The van der Waals surface area contributed by atoms with E-state index in [1.165, 1.54) is 35.2 Å². The zero-order chi connectivity index (χ0) is 20.1. The summed E-state index contributed by atoms with van der Waals surface area (Å²) >= 11 is 2.76. The molecule has 0 bridgehead atoms. The van der Waals surface area contributed by atoms with E-state index in [9.17, 15) is 9.18 Å². The molecule has 2 atom stereocenters. The Bertz CT molecular complexity index is 945. The van der Waals surface area contributed by atoms with Crippen molar-refractivity contribution >= 4 is 39.8 Å². The van der Waals surface area contributed by atoms with E-state index in [1.54, 1.807) is 12.1 Å². The standard InChI is InChI=1S/C20H21FN4OS2/c1-12-5-4-6-17(11-12)23-19-24-25-20(28-19)27-14(3)18(26)22-13(2)15-7-9-16(21)10-8-15/h4-11,13-14H,1-3H3,(H,22,26)(H,23,24)/t13-,14+/m0/s1. The van der Waals surface area contributed by atoms with Crippen LogP contribution < -0.4 is 10.6 Å². The lowest BCUT2D eigenvalue weighted by molar-refractivity contribution is -0.120. The smallest absolute Gasteiger partial charge is 0.233 e. The monoisotopic (exact) mass is 416 g/mol. The number of anilines is 2. The van der Waals surface area contributed by atoms with E-state index in [2.05, 4.69) is 20.8 Å². The number of hydrogen-bond donors (Lipinski definition) is 2. The molecule has 0 saturated carbocycles. The maximum atomic E-state index is 13.0. The molecule has 0 radical (unpaired) electrons. The Morgan fingerprint density at radius 1 is 1.14 bits per heavy atom. The zero-order valence-electron chi connectivity index (χ0n) is 15.8. The molecule has 0 aliphatic rings. The Hall–Kier alpha value is -2.45. The quantitative estimate of drug-likeness (QED) is 0.525. The largest absolute Gasteiger partial charge is 0.349 e. The Balaban J connectivity index is 1.55. The second kappa shape index (κ2) is 9.16. The van der Waals surface area contributed by atoms with Gasteiger partial charge in [-0.25, -0.2) is 4.39 Å². The van der Waals surface area contributed by atoms with Crippen LogP contribution in [0.15, 0.2) is 52.9 Å². The molecule has 8 heteroatoms. The number of rotatable bonds is 7. The first-order valence-corrected chi connectivity index (χ1v) is 10.5. The first-order chi connectivity index (χ1) is 13.4. The number of amides is 1. The topological polar surface area (TPSA) is 66.9 Å². The highest BCUT2D eigenvalue weighted by Gasteiger charge is 2.19. The predicted molar refractivity (Wildman–Crippen MR) is 113 cm³/mol. The minimum atomic E-state index is -0.331. The summed E-state index contributed by atoms with van der Waals surface area (Å²) in [6.07, 6.45) is 0. The van der Waals surface area contributed by atoms with Crippen LogP contribution in [0.1, 0.15) is 31.0 Å². The lowest BCUT2D eigenvalue weighted by Crippen LogP contribution is -2.33. The molecule has 0 saturated heterocycles. The van der Waals surface area contributed by atoms with Gasteiger partial charge in [0.2, 0.25) is 11.0 Å². The molecule has 1 heterocycles. The number of thioether (sulfide) groups is 1. The van der Waals surface area contributed by atoms with Gasteiger partial charge < -0.3 is 10.6 Å². The molecule has 0 spiro atoms. The molecular weight excluding hydrogens is 395 g/mol. The molecule has 0 aliphatic heterocycles. The van der Waals surface area contributed by atoms with Crippen molar-refractivity contribution in [3.63, 3.8) is 0 Å². The van der Waals surface area contributed by atoms with Crippen molar-refractivity contribution < 1.29 is 9.18 Å². The fourth-order valence-electron chi connectivity index (χ4n) is 2.52. The normalized spacial score (nSPS) is 13.0. The Labute approximate surface area is 171 Å². The number of nitrogens with zero attached hydrogens (tertiary/aromatic N) is 2. The summed E-state index contributed by atoms with van der Waals surface area (Å²) in [5.41, 5.74) is 2.96. The highest BCUT2D eigenvalue weighted by molar-refractivity contribution is 8.02. The number of aryl methyl sites for hydroxylation is 1. The molecular formula is C20H21FN4OS2. The van der Waals surface area contributed by atoms with Crippen molar-refractivity contribution in [3.8, 4) is 0 Å². The van der Waals surface area contributed by atoms with Crippen molar-refractivity contribution in [2.45, 2.75) is 36.4 Å². The van der Waals surface area contributed by atoms with Crippen LogP contribution in [0.2, 0.25) is 0 Å². The molecule has 3 aromatic rings. The van der Waals surface area contributed by atoms with Crippen LogP contribution in [0.3, 0.4) is 0 Å². The first kappa shape index (κ1) is 20.3. The Kier molecular flexibility index (Phi) is 6.64. The number of carbonyl (C=O) groups excluding carboxylic acids is 1. The average molecular weight is 417 g/mol. The summed E-state index contributed by atoms with van der Waals surface area (Å²) in [4.78, 5) is 12.5. The van der Waals surface area contributed by atoms with Crippen LogP contribution in [0.4, 0.5) is 15.2 Å². The van der Waals surface area contributed by atoms with Crippen LogP contribution in [-0.2, 0) is 4.79 Å². The van der Waals surface area contributed by atoms with Gasteiger partial charge in [-0.05, 0) is 56.2 Å². The van der Waals surface area contributed by atoms with Gasteiger partial charge in [-0.2, -0.15) is 0 Å². The number of benzene rings is 2. The van der Waals surface area contributed by atoms with Crippen molar-refractivity contribution in [3.05, 3.63) is 65.5 Å². The van der Waals surface area contributed by atoms with Gasteiger partial charge in [0, 0.05) is 5.69 Å². The van der Waals surface area contributed by atoms with E-state index in [0.29, 0.717) is 9.47 Å². The van der Waals surface area contributed by atoms with E-state index < -0.39 is 0 Å². The SMILES string of the molecule is Cc1cccc(Nc2nnc(S[C@H](C)C(=O)N[C@@H](C)c3ccc(F)cc3)s2)c1. The van der Waals surface area contributed by atoms with Crippen LogP contribution in [0.25, 0.3) is 0 Å². The second-order valence-electron chi connectivity index (χ2n) is 6.41. The number of aromatic nitrogens is 2. The molecule has 1 amide bonds. The fourth-order valence-corrected chi connectivity index (χ4v) is 4.45. The summed E-state index contributed by atoms with van der Waals surface area (Å²) in [6.45, 7) is 5.73. The first-order valence-electron chi connectivity index (χ1n) is 8.80. The minimum Gasteiger partial charge on any atom is -0.349 e. The van der Waals surface area contributed by atoms with E-state index in [1.807, 2.05) is 45.0 Å². The highest BCUT2D eigenvalue weighted by atomic mass is 32.2. The van der Waals surface area contributed by atoms with Crippen LogP contribution in [0, 0.1) is 12.7 Å². The van der Waals surface area contributed by atoms with Gasteiger partial charge in [0.1, 0.15) is 5.82 Å². The summed E-state index contributed by atoms with van der Waals surface area (Å²) < 4.78 is 13.7. The van der Waals surface area contributed by atoms with Gasteiger partial charge in [0.25, 0.3) is 0 Å². The van der Waals surface area contributed by atoms with Crippen molar-refractivity contribution in [2.75, 3.05) is 5.32 Å². The van der Waals surface area contributed by atoms with Crippen molar-refractivity contribution in [2.24, 2.45) is 0 Å². The van der Waals surface area contributed by atoms with E-state index in [-0.39, 0.29) is 23.0 Å². The second-order valence-corrected chi connectivity index (χ2v) is 8.97. The third-order valence-electron chi connectivity index (χ3n) is 4.05. The van der Waals surface area contributed by atoms with Gasteiger partial charge in [-0.1, -0.05) is 47.4 Å². The molecule has 2 N–H and O–H groups in total. The lowest BCUT2D eigenvalue weighted by Gasteiger charge is -2.17. The highest BCUT2D eigenvalue weighted by Crippen LogP contribution is 2.31. The summed E-state index contributed by atoms with van der Waals surface area (Å²) in [7, 11) is 0. The molecule has 5 nitrogen and oxygen atoms in total. The maximum absolute atomic E-state index is 13.0. The number of nitrogens with one attached hydrogen (secondary N) is 2. The van der Waals surface area contributed by atoms with Gasteiger partial charge in [-0.15, -0.1) is 10.2 Å².